The van der Waals surface area contributed by atoms with Crippen molar-refractivity contribution >= 4 is 11.3 Å². The predicted octanol–water partition coefficient (Wildman–Crippen LogP) is 3.96. The van der Waals surface area contributed by atoms with Crippen LogP contribution in [0.3, 0.4) is 0 Å². The summed E-state index contributed by atoms with van der Waals surface area (Å²) in [7, 11) is 0. The number of thiophene rings is 1. The van der Waals surface area contributed by atoms with Crippen molar-refractivity contribution in [1.82, 2.24) is 0 Å². The molecule has 0 bridgehead atoms. The van der Waals surface area contributed by atoms with Crippen LogP contribution in [-0.2, 0) is 0 Å². The van der Waals surface area contributed by atoms with Gasteiger partial charge in [0.25, 0.3) is 0 Å². The molecule has 2 aromatic rings. The number of fused-ring (bicyclic) bond motifs is 1. The molecule has 1 aliphatic rings. The quantitative estimate of drug-likeness (QED) is 0.898. The van der Waals surface area contributed by atoms with E-state index in [0.29, 0.717) is 6.61 Å². The van der Waals surface area contributed by atoms with Crippen molar-refractivity contribution in [3.05, 3.63) is 51.2 Å². The predicted molar refractivity (Wildman–Crippen MR) is 78.0 cm³/mol. The van der Waals surface area contributed by atoms with E-state index >= 15 is 0 Å². The summed E-state index contributed by atoms with van der Waals surface area (Å²) in [5.74, 6) is 1.06. The number of aliphatic hydroxyl groups is 1. The Labute approximate surface area is 117 Å². The van der Waals surface area contributed by atoms with Gasteiger partial charge in [-0.15, -0.1) is 11.3 Å². The average molecular weight is 274 g/mol. The summed E-state index contributed by atoms with van der Waals surface area (Å²) in [6, 6.07) is 10.2. The van der Waals surface area contributed by atoms with Gasteiger partial charge in [0.1, 0.15) is 5.75 Å². The van der Waals surface area contributed by atoms with Crippen molar-refractivity contribution < 1.29 is 9.84 Å². The number of ether oxygens (including phenoxy) is 1. The van der Waals surface area contributed by atoms with Gasteiger partial charge < -0.3 is 9.84 Å². The van der Waals surface area contributed by atoms with E-state index in [0.717, 1.165) is 22.6 Å². The number of hydrogen-bond donors (Lipinski definition) is 1. The van der Waals surface area contributed by atoms with Crippen LogP contribution in [0.4, 0.5) is 0 Å². The highest BCUT2D eigenvalue weighted by molar-refractivity contribution is 7.12. The molecule has 100 valence electrons. The van der Waals surface area contributed by atoms with Crippen LogP contribution in [0, 0.1) is 13.8 Å². The molecule has 0 spiro atoms. The van der Waals surface area contributed by atoms with Gasteiger partial charge in [-0.05, 0) is 38.0 Å². The van der Waals surface area contributed by atoms with Gasteiger partial charge in [0.2, 0.25) is 0 Å². The van der Waals surface area contributed by atoms with Crippen LogP contribution in [-0.4, -0.2) is 11.7 Å². The van der Waals surface area contributed by atoms with Gasteiger partial charge in [-0.25, -0.2) is 0 Å². The number of aryl methyl sites for hydroxylation is 2. The van der Waals surface area contributed by atoms with E-state index in [-0.39, 0.29) is 5.92 Å². The summed E-state index contributed by atoms with van der Waals surface area (Å²) in [5, 5.41) is 10.7. The number of hydrogen-bond acceptors (Lipinski definition) is 3. The summed E-state index contributed by atoms with van der Waals surface area (Å²) in [4.78, 5) is 2.35. The van der Waals surface area contributed by atoms with Gasteiger partial charge in [-0.3, -0.25) is 0 Å². The molecule has 0 saturated heterocycles. The van der Waals surface area contributed by atoms with E-state index < -0.39 is 6.10 Å². The van der Waals surface area contributed by atoms with E-state index in [1.54, 1.807) is 11.3 Å². The van der Waals surface area contributed by atoms with E-state index in [1.807, 2.05) is 18.2 Å². The summed E-state index contributed by atoms with van der Waals surface area (Å²) in [6.45, 7) is 4.85. The molecule has 1 aromatic heterocycles. The van der Waals surface area contributed by atoms with Crippen LogP contribution in [0.15, 0.2) is 30.3 Å². The van der Waals surface area contributed by atoms with Crippen LogP contribution in [0.5, 0.6) is 5.75 Å². The monoisotopic (exact) mass is 274 g/mol. The fourth-order valence-corrected chi connectivity index (χ4v) is 3.92. The van der Waals surface area contributed by atoms with Crippen molar-refractivity contribution in [2.24, 2.45) is 0 Å². The Balaban J connectivity index is 1.97. The second-order valence-electron chi connectivity index (χ2n) is 5.13. The molecule has 2 heterocycles. The standard InChI is InChI=1S/C16H18O2S/c1-10-9-11(2)19-16(10)15(17)13-7-8-18-14-6-4-3-5-12(13)14/h3-6,9,13,15,17H,7-8H2,1-2H3. The van der Waals surface area contributed by atoms with E-state index in [4.69, 9.17) is 4.74 Å². The van der Waals surface area contributed by atoms with Crippen LogP contribution >= 0.6 is 11.3 Å². The molecule has 19 heavy (non-hydrogen) atoms. The van der Waals surface area contributed by atoms with Crippen LogP contribution in [0.2, 0.25) is 0 Å². The Kier molecular flexibility index (Phi) is 3.33. The van der Waals surface area contributed by atoms with Crippen LogP contribution < -0.4 is 4.74 Å². The fourth-order valence-electron chi connectivity index (χ4n) is 2.83. The molecule has 2 atom stereocenters. The minimum absolute atomic E-state index is 0.140. The zero-order valence-electron chi connectivity index (χ0n) is 11.2. The maximum absolute atomic E-state index is 10.7. The zero-order chi connectivity index (χ0) is 13.4. The van der Waals surface area contributed by atoms with Crippen molar-refractivity contribution in [3.8, 4) is 5.75 Å². The highest BCUT2D eigenvalue weighted by Crippen LogP contribution is 2.43. The lowest BCUT2D eigenvalue weighted by Crippen LogP contribution is -2.19. The first kappa shape index (κ1) is 12.7. The molecule has 2 unspecified atom stereocenters. The summed E-state index contributed by atoms with van der Waals surface area (Å²) < 4.78 is 5.67. The molecule has 1 aromatic carbocycles. The number of aliphatic hydroxyl groups excluding tert-OH is 1. The van der Waals surface area contributed by atoms with Crippen molar-refractivity contribution in [2.45, 2.75) is 32.3 Å². The topological polar surface area (TPSA) is 29.5 Å². The normalized spacial score (nSPS) is 19.6. The molecule has 0 saturated carbocycles. The highest BCUT2D eigenvalue weighted by Gasteiger charge is 2.30. The van der Waals surface area contributed by atoms with E-state index in [1.165, 1.54) is 10.4 Å². The number of para-hydroxylation sites is 1. The molecule has 0 fully saturated rings. The minimum Gasteiger partial charge on any atom is -0.493 e. The molecule has 0 amide bonds. The average Bonchev–Trinajstić information content (AvgIpc) is 2.76. The van der Waals surface area contributed by atoms with Gasteiger partial charge in [0.15, 0.2) is 0 Å². The molecule has 2 nitrogen and oxygen atoms in total. The Morgan fingerprint density at radius 2 is 2.11 bits per heavy atom. The molecule has 1 N–H and O–H groups in total. The lowest BCUT2D eigenvalue weighted by atomic mass is 9.87. The summed E-state index contributed by atoms with van der Waals surface area (Å²) in [6.07, 6.45) is 0.443. The van der Waals surface area contributed by atoms with Crippen molar-refractivity contribution in [3.63, 3.8) is 0 Å². The Bertz CT molecular complexity index is 588. The van der Waals surface area contributed by atoms with Gasteiger partial charge in [-0.2, -0.15) is 0 Å². The Hall–Kier alpha value is -1.32. The third-order valence-corrected chi connectivity index (χ3v) is 4.96. The smallest absolute Gasteiger partial charge is 0.122 e. The first-order valence-corrected chi connectivity index (χ1v) is 7.45. The third-order valence-electron chi connectivity index (χ3n) is 3.73. The van der Waals surface area contributed by atoms with Gasteiger partial charge >= 0.3 is 0 Å². The Morgan fingerprint density at radius 1 is 1.32 bits per heavy atom. The molecule has 3 heteroatoms. The maximum Gasteiger partial charge on any atom is 0.122 e. The first-order chi connectivity index (χ1) is 9.16. The largest absolute Gasteiger partial charge is 0.493 e. The number of rotatable bonds is 2. The Morgan fingerprint density at radius 3 is 2.84 bits per heavy atom. The number of benzene rings is 1. The van der Waals surface area contributed by atoms with Gasteiger partial charge in [0, 0.05) is 21.2 Å². The molecular formula is C16H18O2S. The second kappa shape index (κ2) is 4.99. The zero-order valence-corrected chi connectivity index (χ0v) is 12.0. The summed E-state index contributed by atoms with van der Waals surface area (Å²) >= 11 is 1.70. The lowest BCUT2D eigenvalue weighted by molar-refractivity contribution is 0.120. The van der Waals surface area contributed by atoms with Crippen LogP contribution in [0.25, 0.3) is 0 Å². The molecular weight excluding hydrogens is 256 g/mol. The van der Waals surface area contributed by atoms with Crippen LogP contribution in [0.1, 0.15) is 39.3 Å². The molecule has 3 rings (SSSR count). The molecule has 1 aliphatic heterocycles. The third kappa shape index (κ3) is 2.28. The second-order valence-corrected chi connectivity index (χ2v) is 6.42. The van der Waals surface area contributed by atoms with Crippen molar-refractivity contribution in [2.75, 3.05) is 6.61 Å². The maximum atomic E-state index is 10.7. The first-order valence-electron chi connectivity index (χ1n) is 6.63. The fraction of sp³-hybridized carbons (Fsp3) is 0.375. The van der Waals surface area contributed by atoms with E-state index in [9.17, 15) is 5.11 Å². The molecule has 0 radical (unpaired) electrons. The van der Waals surface area contributed by atoms with Crippen molar-refractivity contribution in [1.29, 1.82) is 0 Å². The van der Waals surface area contributed by atoms with Gasteiger partial charge in [0.05, 0.1) is 12.7 Å². The highest BCUT2D eigenvalue weighted by atomic mass is 32.1. The SMILES string of the molecule is Cc1cc(C)c(C(O)C2CCOc3ccccc32)s1. The minimum atomic E-state index is -0.427. The van der Waals surface area contributed by atoms with Gasteiger partial charge in [-0.1, -0.05) is 18.2 Å². The molecule has 0 aliphatic carbocycles. The van der Waals surface area contributed by atoms with E-state index in [2.05, 4.69) is 26.0 Å². The lowest BCUT2D eigenvalue weighted by Gasteiger charge is -2.29. The summed E-state index contributed by atoms with van der Waals surface area (Å²) in [5.41, 5.74) is 2.32.